The zero-order valence-electron chi connectivity index (χ0n) is 7.20. The predicted octanol–water partition coefficient (Wildman–Crippen LogP) is 1.80. The van der Waals surface area contributed by atoms with Gasteiger partial charge in [0.25, 0.3) is 0 Å². The Hall–Kier alpha value is -1.35. The third-order valence-electron chi connectivity index (χ3n) is 1.62. The maximum absolute atomic E-state index is 13.1. The Morgan fingerprint density at radius 2 is 2.23 bits per heavy atom. The molecule has 1 aromatic rings. The summed E-state index contributed by atoms with van der Waals surface area (Å²) in [5.41, 5.74) is 6.28. The molecule has 0 atom stereocenters. The van der Waals surface area contributed by atoms with Gasteiger partial charge in [-0.3, -0.25) is 0 Å². The summed E-state index contributed by atoms with van der Waals surface area (Å²) in [6.07, 6.45) is 3.88. The number of benzene rings is 1. The molecule has 0 aliphatic rings. The molecule has 3 N–H and O–H groups in total. The molecule has 0 spiro atoms. The van der Waals surface area contributed by atoms with Crippen LogP contribution in [0.25, 0.3) is 6.08 Å². The van der Waals surface area contributed by atoms with Gasteiger partial charge in [-0.25, -0.2) is 4.39 Å². The normalized spacial score (nSPS) is 10.9. The van der Waals surface area contributed by atoms with Crippen LogP contribution < -0.4 is 5.73 Å². The van der Waals surface area contributed by atoms with Crippen molar-refractivity contribution >= 4 is 11.8 Å². The second kappa shape index (κ2) is 4.62. The van der Waals surface area contributed by atoms with E-state index in [0.29, 0.717) is 17.7 Å². The Bertz CT molecular complexity index is 310. The molecule has 0 heterocycles. The molecule has 0 unspecified atom stereocenters. The molecular weight excluding hydrogens is 169 g/mol. The number of halogens is 1. The van der Waals surface area contributed by atoms with E-state index in [2.05, 4.69) is 0 Å². The van der Waals surface area contributed by atoms with E-state index in [4.69, 9.17) is 10.8 Å². The van der Waals surface area contributed by atoms with Gasteiger partial charge >= 0.3 is 0 Å². The van der Waals surface area contributed by atoms with Gasteiger partial charge in [-0.1, -0.05) is 18.2 Å². The summed E-state index contributed by atoms with van der Waals surface area (Å²) in [4.78, 5) is 0. The fourth-order valence-corrected chi connectivity index (χ4v) is 0.963. The van der Waals surface area contributed by atoms with Gasteiger partial charge in [0.1, 0.15) is 5.82 Å². The Kier molecular flexibility index (Phi) is 3.46. The van der Waals surface area contributed by atoms with Crippen molar-refractivity contribution in [3.05, 3.63) is 35.7 Å². The maximum Gasteiger partial charge on any atom is 0.132 e. The summed E-state index contributed by atoms with van der Waals surface area (Å²) in [6, 6.07) is 4.53. The van der Waals surface area contributed by atoms with Crippen molar-refractivity contribution < 1.29 is 9.50 Å². The molecule has 1 rings (SSSR count). The first-order chi connectivity index (χ1) is 6.24. The van der Waals surface area contributed by atoms with Crippen LogP contribution in [0.5, 0.6) is 0 Å². The number of nitrogen functional groups attached to an aromatic ring is 1. The average molecular weight is 181 g/mol. The number of hydrogen-bond acceptors (Lipinski definition) is 2. The minimum Gasteiger partial charge on any atom is -0.399 e. The van der Waals surface area contributed by atoms with Crippen LogP contribution in [-0.4, -0.2) is 11.7 Å². The second-order valence-corrected chi connectivity index (χ2v) is 2.70. The number of hydrogen-bond donors (Lipinski definition) is 2. The molecule has 13 heavy (non-hydrogen) atoms. The van der Waals surface area contributed by atoms with Gasteiger partial charge in [0.05, 0.1) is 0 Å². The lowest BCUT2D eigenvalue weighted by Crippen LogP contribution is -1.88. The summed E-state index contributed by atoms with van der Waals surface area (Å²) >= 11 is 0. The topological polar surface area (TPSA) is 46.2 Å². The Balaban J connectivity index is 2.77. The lowest BCUT2D eigenvalue weighted by molar-refractivity contribution is 0.303. The highest BCUT2D eigenvalue weighted by molar-refractivity contribution is 5.54. The van der Waals surface area contributed by atoms with Crippen LogP contribution in [0.3, 0.4) is 0 Å². The quantitative estimate of drug-likeness (QED) is 0.698. The molecule has 0 aromatic heterocycles. The van der Waals surface area contributed by atoms with Crippen molar-refractivity contribution in [1.82, 2.24) is 0 Å². The van der Waals surface area contributed by atoms with E-state index in [1.165, 1.54) is 6.07 Å². The molecule has 0 saturated carbocycles. The van der Waals surface area contributed by atoms with E-state index in [0.717, 1.165) is 0 Å². The van der Waals surface area contributed by atoms with Gasteiger partial charge in [0, 0.05) is 17.9 Å². The fourth-order valence-electron chi connectivity index (χ4n) is 0.963. The van der Waals surface area contributed by atoms with E-state index < -0.39 is 0 Å². The first-order valence-electron chi connectivity index (χ1n) is 4.06. The van der Waals surface area contributed by atoms with E-state index >= 15 is 0 Å². The van der Waals surface area contributed by atoms with Crippen molar-refractivity contribution in [2.24, 2.45) is 0 Å². The third kappa shape index (κ3) is 2.87. The van der Waals surface area contributed by atoms with Gasteiger partial charge < -0.3 is 10.8 Å². The van der Waals surface area contributed by atoms with Crippen LogP contribution in [0.1, 0.15) is 12.0 Å². The highest BCUT2D eigenvalue weighted by Crippen LogP contribution is 2.13. The zero-order valence-corrected chi connectivity index (χ0v) is 7.20. The minimum atomic E-state index is -0.339. The molecule has 0 bridgehead atoms. The average Bonchev–Trinajstić information content (AvgIpc) is 2.09. The number of aliphatic hydroxyl groups excluding tert-OH is 1. The molecule has 3 heteroatoms. The molecule has 70 valence electrons. The lowest BCUT2D eigenvalue weighted by atomic mass is 10.1. The van der Waals surface area contributed by atoms with Gasteiger partial charge in [-0.2, -0.15) is 0 Å². The Morgan fingerprint density at radius 1 is 1.46 bits per heavy atom. The first-order valence-corrected chi connectivity index (χ1v) is 4.06. The molecule has 0 aliphatic carbocycles. The largest absolute Gasteiger partial charge is 0.399 e. The van der Waals surface area contributed by atoms with Crippen molar-refractivity contribution in [2.75, 3.05) is 12.3 Å². The maximum atomic E-state index is 13.1. The standard InChI is InChI=1S/C10H12FNO/c11-10-7-9(12)5-4-8(10)3-1-2-6-13/h1,3-5,7,13H,2,6,12H2. The van der Waals surface area contributed by atoms with Crippen molar-refractivity contribution in [3.8, 4) is 0 Å². The number of anilines is 1. The smallest absolute Gasteiger partial charge is 0.132 e. The first kappa shape index (κ1) is 9.74. The van der Waals surface area contributed by atoms with Crippen LogP contribution in [0.2, 0.25) is 0 Å². The SMILES string of the molecule is Nc1ccc(C=CCCO)c(F)c1. The van der Waals surface area contributed by atoms with Gasteiger partial charge in [0.15, 0.2) is 0 Å². The fraction of sp³-hybridized carbons (Fsp3) is 0.200. The molecular formula is C10H12FNO. The molecule has 0 saturated heterocycles. The van der Waals surface area contributed by atoms with Crippen molar-refractivity contribution in [1.29, 1.82) is 0 Å². The summed E-state index contributed by atoms with van der Waals surface area (Å²) < 4.78 is 13.1. The summed E-state index contributed by atoms with van der Waals surface area (Å²) in [5, 5.41) is 8.49. The third-order valence-corrected chi connectivity index (χ3v) is 1.62. The van der Waals surface area contributed by atoms with Crippen molar-refractivity contribution in [3.63, 3.8) is 0 Å². The highest BCUT2D eigenvalue weighted by atomic mass is 19.1. The molecule has 1 aromatic carbocycles. The lowest BCUT2D eigenvalue weighted by Gasteiger charge is -1.97. The van der Waals surface area contributed by atoms with Gasteiger partial charge in [0.2, 0.25) is 0 Å². The van der Waals surface area contributed by atoms with Crippen molar-refractivity contribution in [2.45, 2.75) is 6.42 Å². The molecule has 0 radical (unpaired) electrons. The van der Waals surface area contributed by atoms with Crippen LogP contribution in [0, 0.1) is 5.82 Å². The van der Waals surface area contributed by atoms with E-state index in [-0.39, 0.29) is 12.4 Å². The Morgan fingerprint density at radius 3 is 2.85 bits per heavy atom. The van der Waals surface area contributed by atoms with Crippen LogP contribution in [0.15, 0.2) is 24.3 Å². The van der Waals surface area contributed by atoms with E-state index in [1.807, 2.05) is 0 Å². The molecule has 2 nitrogen and oxygen atoms in total. The Labute approximate surface area is 76.5 Å². The summed E-state index contributed by atoms with van der Waals surface area (Å²) in [6.45, 7) is 0.0765. The molecule has 0 aliphatic heterocycles. The van der Waals surface area contributed by atoms with Crippen LogP contribution in [0.4, 0.5) is 10.1 Å². The minimum absolute atomic E-state index is 0.0765. The van der Waals surface area contributed by atoms with Crippen LogP contribution >= 0.6 is 0 Å². The second-order valence-electron chi connectivity index (χ2n) is 2.70. The number of rotatable bonds is 3. The monoisotopic (exact) mass is 181 g/mol. The van der Waals surface area contributed by atoms with E-state index in [1.54, 1.807) is 24.3 Å². The van der Waals surface area contributed by atoms with E-state index in [9.17, 15) is 4.39 Å². The molecule has 0 fully saturated rings. The number of aliphatic hydroxyl groups is 1. The summed E-state index contributed by atoms with van der Waals surface area (Å²) in [5.74, 6) is -0.339. The number of nitrogens with two attached hydrogens (primary N) is 1. The van der Waals surface area contributed by atoms with Gasteiger partial charge in [-0.05, 0) is 18.6 Å². The zero-order chi connectivity index (χ0) is 9.68. The molecule has 0 amide bonds. The van der Waals surface area contributed by atoms with Crippen LogP contribution in [-0.2, 0) is 0 Å². The highest BCUT2D eigenvalue weighted by Gasteiger charge is 1.97. The predicted molar refractivity (Wildman–Crippen MR) is 51.5 cm³/mol. The van der Waals surface area contributed by atoms with Gasteiger partial charge in [-0.15, -0.1) is 0 Å². The summed E-state index contributed by atoms with van der Waals surface area (Å²) in [7, 11) is 0.